The highest BCUT2D eigenvalue weighted by atomic mass is 16.5. The van der Waals surface area contributed by atoms with E-state index in [9.17, 15) is 9.59 Å². The van der Waals surface area contributed by atoms with E-state index >= 15 is 0 Å². The molecule has 2 atom stereocenters. The second-order valence-electron chi connectivity index (χ2n) is 8.54. The Morgan fingerprint density at radius 3 is 2.38 bits per heavy atom. The van der Waals surface area contributed by atoms with Gasteiger partial charge in [-0.3, -0.25) is 9.59 Å². The van der Waals surface area contributed by atoms with Gasteiger partial charge in [-0.05, 0) is 67.6 Å². The molecule has 34 heavy (non-hydrogen) atoms. The maximum absolute atomic E-state index is 13.0. The average molecular weight is 458 g/mol. The van der Waals surface area contributed by atoms with E-state index in [1.807, 2.05) is 92.8 Å². The van der Waals surface area contributed by atoms with Crippen LogP contribution in [0.25, 0.3) is 0 Å². The van der Waals surface area contributed by atoms with Crippen molar-refractivity contribution in [2.45, 2.75) is 19.0 Å². The second kappa shape index (κ2) is 9.79. The zero-order valence-electron chi connectivity index (χ0n) is 19.8. The molecule has 1 saturated heterocycles. The number of nitrogens with zero attached hydrogens (tertiary/aromatic N) is 2. The Balaban J connectivity index is 1.69. The highest BCUT2D eigenvalue weighted by Crippen LogP contribution is 2.27. The minimum absolute atomic E-state index is 0.275. The lowest BCUT2D eigenvalue weighted by Gasteiger charge is -2.15. The molecule has 7 heteroatoms. The van der Waals surface area contributed by atoms with E-state index in [1.165, 1.54) is 0 Å². The number of amides is 2. The third-order valence-electron chi connectivity index (χ3n) is 5.86. The summed E-state index contributed by atoms with van der Waals surface area (Å²) in [6, 6.07) is 21.6. The lowest BCUT2D eigenvalue weighted by Crippen LogP contribution is -2.42. The SMILES string of the molecule is COc1ccc([C@H]2[C@@H](NC(=O)c3cccc(C)c3)C(=O)N/[N+]2=C\c2ccc(N(C)C)cc2)cc1. The maximum atomic E-state index is 13.0. The normalized spacial score (nSPS) is 18.5. The molecule has 0 aliphatic carbocycles. The minimum Gasteiger partial charge on any atom is -0.497 e. The molecule has 0 spiro atoms. The van der Waals surface area contributed by atoms with Gasteiger partial charge >= 0.3 is 5.91 Å². The number of rotatable bonds is 6. The number of hydrogen-bond donors (Lipinski definition) is 2. The monoisotopic (exact) mass is 457 g/mol. The van der Waals surface area contributed by atoms with Crippen molar-refractivity contribution in [1.29, 1.82) is 0 Å². The van der Waals surface area contributed by atoms with Gasteiger partial charge in [0.1, 0.15) is 5.75 Å². The Labute approximate surface area is 199 Å². The van der Waals surface area contributed by atoms with Crippen molar-refractivity contribution in [3.05, 3.63) is 95.1 Å². The summed E-state index contributed by atoms with van der Waals surface area (Å²) < 4.78 is 7.05. The van der Waals surface area contributed by atoms with Crippen molar-refractivity contribution in [3.63, 3.8) is 0 Å². The fourth-order valence-electron chi connectivity index (χ4n) is 4.01. The molecule has 1 aliphatic heterocycles. The first-order valence-electron chi connectivity index (χ1n) is 11.1. The molecule has 2 amide bonds. The second-order valence-corrected chi connectivity index (χ2v) is 8.54. The molecule has 3 aromatic rings. The summed E-state index contributed by atoms with van der Waals surface area (Å²) in [5, 5.41) is 2.94. The molecule has 7 nitrogen and oxygen atoms in total. The lowest BCUT2D eigenvalue weighted by molar-refractivity contribution is -0.596. The van der Waals surface area contributed by atoms with Gasteiger partial charge < -0.3 is 15.0 Å². The lowest BCUT2D eigenvalue weighted by atomic mass is 9.99. The molecule has 0 saturated carbocycles. The number of hydrazine groups is 1. The minimum atomic E-state index is -0.779. The first-order chi connectivity index (χ1) is 16.4. The molecule has 0 bridgehead atoms. The van der Waals surface area contributed by atoms with Crippen molar-refractivity contribution in [2.24, 2.45) is 0 Å². The first-order valence-corrected chi connectivity index (χ1v) is 11.1. The highest BCUT2D eigenvalue weighted by molar-refractivity contribution is 5.98. The maximum Gasteiger partial charge on any atom is 0.304 e. The predicted molar refractivity (Wildman–Crippen MR) is 133 cm³/mol. The highest BCUT2D eigenvalue weighted by Gasteiger charge is 2.47. The van der Waals surface area contributed by atoms with Crippen LogP contribution in [0.15, 0.2) is 72.8 Å². The molecular weight excluding hydrogens is 428 g/mol. The number of nitrogens with one attached hydrogen (secondary N) is 2. The van der Waals surface area contributed by atoms with Gasteiger partial charge in [0.2, 0.25) is 12.3 Å². The predicted octanol–water partition coefficient (Wildman–Crippen LogP) is 3.09. The number of benzene rings is 3. The summed E-state index contributed by atoms with van der Waals surface area (Å²) in [6.07, 6.45) is 1.88. The van der Waals surface area contributed by atoms with Gasteiger partial charge in [-0.2, -0.15) is 0 Å². The van der Waals surface area contributed by atoms with Crippen LogP contribution >= 0.6 is 0 Å². The van der Waals surface area contributed by atoms with E-state index in [0.29, 0.717) is 5.56 Å². The molecule has 1 fully saturated rings. The summed E-state index contributed by atoms with van der Waals surface area (Å²) >= 11 is 0. The number of hydrogen-bond acceptors (Lipinski definition) is 4. The Hall–Kier alpha value is -4.13. The van der Waals surface area contributed by atoms with Crippen molar-refractivity contribution < 1.29 is 19.0 Å². The topological polar surface area (TPSA) is 73.7 Å². The van der Waals surface area contributed by atoms with Crippen LogP contribution < -0.4 is 20.4 Å². The zero-order valence-corrected chi connectivity index (χ0v) is 19.8. The summed E-state index contributed by atoms with van der Waals surface area (Å²) in [7, 11) is 5.58. The van der Waals surface area contributed by atoms with Crippen LogP contribution in [0.4, 0.5) is 5.69 Å². The number of methoxy groups -OCH3 is 1. The molecule has 0 aromatic heterocycles. The fraction of sp³-hybridized carbons (Fsp3) is 0.222. The van der Waals surface area contributed by atoms with Gasteiger partial charge in [0.25, 0.3) is 5.91 Å². The van der Waals surface area contributed by atoms with Crippen LogP contribution in [0.1, 0.15) is 33.1 Å². The molecule has 2 N–H and O–H groups in total. The summed E-state index contributed by atoms with van der Waals surface area (Å²) in [5.41, 5.74) is 7.29. The van der Waals surface area contributed by atoms with Crippen molar-refractivity contribution in [3.8, 4) is 5.75 Å². The van der Waals surface area contributed by atoms with Crippen LogP contribution in [-0.4, -0.2) is 50.0 Å². The van der Waals surface area contributed by atoms with Crippen LogP contribution in [0.2, 0.25) is 0 Å². The van der Waals surface area contributed by atoms with Crippen LogP contribution in [0.5, 0.6) is 5.75 Å². The standard InChI is InChI=1S/C27H28N4O3/c1-18-6-5-7-21(16-18)26(32)28-24-25(20-10-14-23(34-4)15-11-20)31(29-27(24)33)17-19-8-12-22(13-9-19)30(2)3/h5-17,24-25H,1-4H3,(H-,28,29,32,33)/p+1/t24-,25+/m1/s1. The number of carbonyl (C=O) groups is 2. The third kappa shape index (κ3) is 4.93. The van der Waals surface area contributed by atoms with Crippen molar-refractivity contribution in [1.82, 2.24) is 10.7 Å². The number of anilines is 1. The van der Waals surface area contributed by atoms with E-state index < -0.39 is 12.1 Å². The summed E-state index contributed by atoms with van der Waals surface area (Å²) in [6.45, 7) is 1.93. The molecular formula is C27H29N4O3+. The number of hydrazone groups is 1. The molecule has 1 heterocycles. The smallest absolute Gasteiger partial charge is 0.304 e. The Bertz CT molecular complexity index is 1220. The quantitative estimate of drug-likeness (QED) is 0.558. The molecule has 174 valence electrons. The molecule has 3 aromatic carbocycles. The van der Waals surface area contributed by atoms with Crippen LogP contribution in [0, 0.1) is 6.92 Å². The number of carbonyl (C=O) groups excluding carboxylic acids is 2. The molecule has 0 radical (unpaired) electrons. The van der Waals surface area contributed by atoms with Gasteiger partial charge in [-0.15, -0.1) is 10.1 Å². The van der Waals surface area contributed by atoms with Gasteiger partial charge in [-0.25, -0.2) is 0 Å². The molecule has 0 unspecified atom stereocenters. The van der Waals surface area contributed by atoms with Gasteiger partial charge in [0.15, 0.2) is 6.04 Å². The van der Waals surface area contributed by atoms with Crippen LogP contribution in [-0.2, 0) is 4.79 Å². The van der Waals surface area contributed by atoms with Crippen molar-refractivity contribution >= 4 is 23.7 Å². The number of aryl methyl sites for hydroxylation is 1. The van der Waals surface area contributed by atoms with E-state index in [-0.39, 0.29) is 11.8 Å². The third-order valence-corrected chi connectivity index (χ3v) is 5.86. The zero-order chi connectivity index (χ0) is 24.2. The fourth-order valence-corrected chi connectivity index (χ4v) is 4.01. The summed E-state index contributed by atoms with van der Waals surface area (Å²) in [4.78, 5) is 28.1. The van der Waals surface area contributed by atoms with E-state index in [1.54, 1.807) is 23.9 Å². The van der Waals surface area contributed by atoms with Crippen molar-refractivity contribution in [2.75, 3.05) is 26.1 Å². The van der Waals surface area contributed by atoms with Gasteiger partial charge in [0.05, 0.1) is 7.11 Å². The molecule has 4 rings (SSSR count). The van der Waals surface area contributed by atoms with E-state index in [0.717, 1.165) is 28.1 Å². The Kier molecular flexibility index (Phi) is 6.63. The van der Waals surface area contributed by atoms with Gasteiger partial charge in [0, 0.05) is 36.5 Å². The van der Waals surface area contributed by atoms with E-state index in [4.69, 9.17) is 4.74 Å². The number of ether oxygens (including phenoxy) is 1. The first kappa shape index (κ1) is 23.0. The average Bonchev–Trinajstić information content (AvgIpc) is 3.13. The van der Waals surface area contributed by atoms with Gasteiger partial charge in [-0.1, -0.05) is 17.7 Å². The Morgan fingerprint density at radius 1 is 1.06 bits per heavy atom. The van der Waals surface area contributed by atoms with E-state index in [2.05, 4.69) is 10.7 Å². The molecule has 1 aliphatic rings. The largest absolute Gasteiger partial charge is 0.497 e. The van der Waals surface area contributed by atoms with Crippen LogP contribution in [0.3, 0.4) is 0 Å². The Morgan fingerprint density at radius 2 is 1.76 bits per heavy atom. The summed E-state index contributed by atoms with van der Waals surface area (Å²) in [5.74, 6) is 0.152.